The number of rotatable bonds is 3. The molecule has 0 bridgehead atoms. The minimum atomic E-state index is -0.473. The van der Waals surface area contributed by atoms with Gasteiger partial charge in [-0.05, 0) is 39.5 Å². The number of hydrogen-bond donors (Lipinski definition) is 2. The van der Waals surface area contributed by atoms with Crippen LogP contribution in [0.1, 0.15) is 33.6 Å². The molecule has 1 rings (SSSR count). The Bertz CT molecular complexity index is 306. The third-order valence-corrected chi connectivity index (χ3v) is 2.68. The van der Waals surface area contributed by atoms with E-state index in [9.17, 15) is 9.59 Å². The van der Waals surface area contributed by atoms with Crippen LogP contribution in [0.25, 0.3) is 0 Å². The second-order valence-corrected chi connectivity index (χ2v) is 5.55. The number of carbonyl (C=O) groups is 2. The first-order valence-corrected chi connectivity index (χ1v) is 6.11. The molecule has 0 heterocycles. The third-order valence-electron chi connectivity index (χ3n) is 2.68. The zero-order valence-corrected chi connectivity index (χ0v) is 11.4. The predicted octanol–water partition coefficient (Wildman–Crippen LogP) is 1.65. The SMILES string of the molecule is COC(=O)NCC1CC(NC(=O)OC(C)(C)C)C1. The van der Waals surface area contributed by atoms with Crippen molar-refractivity contribution in [3.05, 3.63) is 0 Å². The molecule has 2 amide bonds. The maximum atomic E-state index is 11.5. The standard InChI is InChI=1S/C12H22N2O4/c1-12(2,3)18-11(16)14-9-5-8(6-9)7-13-10(15)17-4/h8-9H,5-7H2,1-4H3,(H,13,15)(H,14,16). The molecule has 2 N–H and O–H groups in total. The Labute approximate surface area is 107 Å². The van der Waals surface area contributed by atoms with E-state index in [2.05, 4.69) is 15.4 Å². The molecule has 0 spiro atoms. The van der Waals surface area contributed by atoms with E-state index < -0.39 is 11.7 Å². The molecular formula is C12H22N2O4. The zero-order chi connectivity index (χ0) is 13.8. The Morgan fingerprint density at radius 3 is 2.33 bits per heavy atom. The highest BCUT2D eigenvalue weighted by molar-refractivity contribution is 5.68. The molecule has 0 unspecified atom stereocenters. The number of methoxy groups -OCH3 is 1. The molecule has 1 aliphatic rings. The third kappa shape index (κ3) is 5.25. The van der Waals surface area contributed by atoms with Gasteiger partial charge in [-0.15, -0.1) is 0 Å². The van der Waals surface area contributed by atoms with Gasteiger partial charge in [-0.25, -0.2) is 9.59 Å². The average Bonchev–Trinajstić information content (AvgIpc) is 2.17. The lowest BCUT2D eigenvalue weighted by Crippen LogP contribution is -2.48. The van der Waals surface area contributed by atoms with Crippen LogP contribution in [0, 0.1) is 5.92 Å². The van der Waals surface area contributed by atoms with Gasteiger partial charge in [0.2, 0.25) is 0 Å². The summed E-state index contributed by atoms with van der Waals surface area (Å²) < 4.78 is 9.63. The summed E-state index contributed by atoms with van der Waals surface area (Å²) in [5, 5.41) is 5.44. The summed E-state index contributed by atoms with van der Waals surface area (Å²) in [5.41, 5.74) is -0.473. The molecule has 0 aromatic rings. The lowest BCUT2D eigenvalue weighted by atomic mass is 9.80. The number of hydrogen-bond acceptors (Lipinski definition) is 4. The molecule has 1 saturated carbocycles. The van der Waals surface area contributed by atoms with Crippen LogP contribution in [-0.4, -0.2) is 37.5 Å². The molecule has 0 radical (unpaired) electrons. The van der Waals surface area contributed by atoms with Crippen LogP contribution in [0.3, 0.4) is 0 Å². The van der Waals surface area contributed by atoms with Crippen LogP contribution in [0.2, 0.25) is 0 Å². The molecule has 0 aromatic carbocycles. The van der Waals surface area contributed by atoms with E-state index in [0.29, 0.717) is 12.5 Å². The fourth-order valence-electron chi connectivity index (χ4n) is 1.79. The number of ether oxygens (including phenoxy) is 2. The molecule has 0 saturated heterocycles. The van der Waals surface area contributed by atoms with Crippen molar-refractivity contribution in [1.29, 1.82) is 0 Å². The number of carbonyl (C=O) groups excluding carboxylic acids is 2. The van der Waals surface area contributed by atoms with Gasteiger partial charge in [0.05, 0.1) is 7.11 Å². The Morgan fingerprint density at radius 2 is 1.83 bits per heavy atom. The van der Waals surface area contributed by atoms with Crippen molar-refractivity contribution >= 4 is 12.2 Å². The van der Waals surface area contributed by atoms with E-state index in [0.717, 1.165) is 12.8 Å². The molecule has 0 aromatic heterocycles. The van der Waals surface area contributed by atoms with Crippen molar-refractivity contribution in [3.63, 3.8) is 0 Å². The van der Waals surface area contributed by atoms with Gasteiger partial charge in [0.15, 0.2) is 0 Å². The van der Waals surface area contributed by atoms with Crippen molar-refractivity contribution in [2.45, 2.75) is 45.3 Å². The van der Waals surface area contributed by atoms with Gasteiger partial charge < -0.3 is 20.1 Å². The molecule has 6 heteroatoms. The maximum absolute atomic E-state index is 11.5. The lowest BCUT2D eigenvalue weighted by molar-refractivity contribution is 0.0451. The highest BCUT2D eigenvalue weighted by Crippen LogP contribution is 2.26. The topological polar surface area (TPSA) is 76.7 Å². The fourth-order valence-corrected chi connectivity index (χ4v) is 1.79. The Hall–Kier alpha value is -1.46. The Kier molecular flexibility index (Phi) is 4.81. The number of amides is 2. The van der Waals surface area contributed by atoms with Gasteiger partial charge in [-0.3, -0.25) is 0 Å². The summed E-state index contributed by atoms with van der Waals surface area (Å²) in [6.45, 7) is 6.07. The summed E-state index contributed by atoms with van der Waals surface area (Å²) in [6.07, 6.45) is 0.900. The largest absolute Gasteiger partial charge is 0.453 e. The first-order valence-electron chi connectivity index (χ1n) is 6.11. The van der Waals surface area contributed by atoms with E-state index in [1.54, 1.807) is 0 Å². The van der Waals surface area contributed by atoms with Gasteiger partial charge in [-0.2, -0.15) is 0 Å². The van der Waals surface area contributed by atoms with Crippen molar-refractivity contribution < 1.29 is 19.1 Å². The fraction of sp³-hybridized carbons (Fsp3) is 0.833. The maximum Gasteiger partial charge on any atom is 0.407 e. The second-order valence-electron chi connectivity index (χ2n) is 5.55. The monoisotopic (exact) mass is 258 g/mol. The first-order chi connectivity index (χ1) is 8.30. The van der Waals surface area contributed by atoms with Gasteiger partial charge >= 0.3 is 12.2 Å². The van der Waals surface area contributed by atoms with Gasteiger partial charge in [-0.1, -0.05) is 0 Å². The second kappa shape index (κ2) is 5.93. The molecule has 0 aliphatic heterocycles. The summed E-state index contributed by atoms with van der Waals surface area (Å²) in [4.78, 5) is 22.3. The molecular weight excluding hydrogens is 236 g/mol. The summed E-state index contributed by atoms with van der Waals surface area (Å²) in [6, 6.07) is 0.143. The Morgan fingerprint density at radius 1 is 1.22 bits per heavy atom. The number of nitrogens with one attached hydrogen (secondary N) is 2. The van der Waals surface area contributed by atoms with Crippen LogP contribution in [0.15, 0.2) is 0 Å². The van der Waals surface area contributed by atoms with Crippen LogP contribution >= 0.6 is 0 Å². The minimum Gasteiger partial charge on any atom is -0.453 e. The van der Waals surface area contributed by atoms with Crippen LogP contribution in [-0.2, 0) is 9.47 Å². The van der Waals surface area contributed by atoms with Gasteiger partial charge in [0, 0.05) is 12.6 Å². The zero-order valence-electron chi connectivity index (χ0n) is 11.4. The van der Waals surface area contributed by atoms with Crippen molar-refractivity contribution in [2.24, 2.45) is 5.92 Å². The van der Waals surface area contributed by atoms with Crippen molar-refractivity contribution in [3.8, 4) is 0 Å². The molecule has 18 heavy (non-hydrogen) atoms. The first kappa shape index (κ1) is 14.6. The normalized spacial score (nSPS) is 22.7. The molecule has 1 aliphatic carbocycles. The molecule has 104 valence electrons. The van der Waals surface area contributed by atoms with Crippen molar-refractivity contribution in [1.82, 2.24) is 10.6 Å². The molecule has 1 fully saturated rings. The van der Waals surface area contributed by atoms with E-state index >= 15 is 0 Å². The van der Waals surface area contributed by atoms with Crippen LogP contribution in [0.5, 0.6) is 0 Å². The number of alkyl carbamates (subject to hydrolysis) is 2. The highest BCUT2D eigenvalue weighted by atomic mass is 16.6. The van der Waals surface area contributed by atoms with E-state index in [-0.39, 0.29) is 12.1 Å². The molecule has 0 atom stereocenters. The Balaban J connectivity index is 2.12. The molecule has 6 nitrogen and oxygen atoms in total. The predicted molar refractivity (Wildman–Crippen MR) is 66.3 cm³/mol. The minimum absolute atomic E-state index is 0.143. The highest BCUT2D eigenvalue weighted by Gasteiger charge is 2.31. The quantitative estimate of drug-likeness (QED) is 0.807. The lowest BCUT2D eigenvalue weighted by Gasteiger charge is -2.36. The van der Waals surface area contributed by atoms with Gasteiger partial charge in [0.1, 0.15) is 5.60 Å². The average molecular weight is 258 g/mol. The van der Waals surface area contributed by atoms with Crippen molar-refractivity contribution in [2.75, 3.05) is 13.7 Å². The van der Waals surface area contributed by atoms with Crippen LogP contribution in [0.4, 0.5) is 9.59 Å². The summed E-state index contributed by atoms with van der Waals surface area (Å²) >= 11 is 0. The summed E-state index contributed by atoms with van der Waals surface area (Å²) in [5.74, 6) is 0.393. The summed E-state index contributed by atoms with van der Waals surface area (Å²) in [7, 11) is 1.34. The van der Waals surface area contributed by atoms with Crippen LogP contribution < -0.4 is 10.6 Å². The van der Waals surface area contributed by atoms with E-state index in [4.69, 9.17) is 4.74 Å². The van der Waals surface area contributed by atoms with E-state index in [1.165, 1.54) is 7.11 Å². The van der Waals surface area contributed by atoms with E-state index in [1.807, 2.05) is 20.8 Å². The smallest absolute Gasteiger partial charge is 0.407 e. The van der Waals surface area contributed by atoms with Gasteiger partial charge in [0.25, 0.3) is 0 Å².